The molecule has 5 nitrogen and oxygen atoms in total. The molecular weight excluding hydrogens is 340 g/mol. The maximum atomic E-state index is 12.8. The van der Waals surface area contributed by atoms with Gasteiger partial charge in [0.2, 0.25) is 5.91 Å². The Kier molecular flexibility index (Phi) is 5.71. The fraction of sp³-hybridized carbons (Fsp3) is 0.409. The molecule has 0 saturated carbocycles. The molecule has 3 rings (SSSR count). The number of rotatable bonds is 5. The molecule has 27 heavy (non-hydrogen) atoms. The first-order valence-electron chi connectivity index (χ1n) is 9.29. The first-order valence-corrected chi connectivity index (χ1v) is 9.29. The third kappa shape index (κ3) is 4.08. The highest BCUT2D eigenvalue weighted by molar-refractivity contribution is 5.95. The molecule has 0 aliphatic carbocycles. The van der Waals surface area contributed by atoms with Gasteiger partial charge in [0.25, 0.3) is 0 Å². The number of hydrogen-bond donors (Lipinski definition) is 1. The Morgan fingerprint density at radius 2 is 1.74 bits per heavy atom. The molecule has 0 spiro atoms. The van der Waals surface area contributed by atoms with Gasteiger partial charge in [0.15, 0.2) is 11.5 Å². The summed E-state index contributed by atoms with van der Waals surface area (Å²) >= 11 is 0. The molecule has 1 aliphatic heterocycles. The number of amides is 1. The summed E-state index contributed by atoms with van der Waals surface area (Å²) in [5.41, 5.74) is 5.53. The number of nitrogens with one attached hydrogen (secondary N) is 1. The van der Waals surface area contributed by atoms with Crippen molar-refractivity contribution in [3.8, 4) is 11.5 Å². The van der Waals surface area contributed by atoms with Crippen LogP contribution in [-0.4, -0.2) is 37.6 Å². The summed E-state index contributed by atoms with van der Waals surface area (Å²) in [7, 11) is 3.30. The predicted molar refractivity (Wildman–Crippen MR) is 108 cm³/mol. The molecule has 0 bridgehead atoms. The van der Waals surface area contributed by atoms with Gasteiger partial charge in [-0.3, -0.25) is 9.69 Å². The van der Waals surface area contributed by atoms with E-state index in [-0.39, 0.29) is 11.9 Å². The fourth-order valence-electron chi connectivity index (χ4n) is 3.51. The first kappa shape index (κ1) is 19.2. The Morgan fingerprint density at radius 1 is 1.07 bits per heavy atom. The van der Waals surface area contributed by atoms with E-state index in [2.05, 4.69) is 16.3 Å². The Balaban J connectivity index is 1.74. The molecule has 2 aromatic rings. The SMILES string of the molecule is COc1cc2c(cc1OC)CN([C@@H](C)C(=O)Nc1cc(C)ccc1C)CC2. The summed E-state index contributed by atoms with van der Waals surface area (Å²) in [5, 5.41) is 3.09. The van der Waals surface area contributed by atoms with Crippen LogP contribution in [0.3, 0.4) is 0 Å². The van der Waals surface area contributed by atoms with Crippen molar-refractivity contribution >= 4 is 11.6 Å². The molecule has 2 aromatic carbocycles. The number of aryl methyl sites for hydroxylation is 2. The summed E-state index contributed by atoms with van der Waals surface area (Å²) in [6.45, 7) is 7.56. The second-order valence-electron chi connectivity index (χ2n) is 7.18. The van der Waals surface area contributed by atoms with Gasteiger partial charge < -0.3 is 14.8 Å². The number of carbonyl (C=O) groups is 1. The Hall–Kier alpha value is -2.53. The summed E-state index contributed by atoms with van der Waals surface area (Å²) in [4.78, 5) is 15.0. The van der Waals surface area contributed by atoms with Crippen LogP contribution < -0.4 is 14.8 Å². The van der Waals surface area contributed by atoms with Crippen LogP contribution in [-0.2, 0) is 17.8 Å². The van der Waals surface area contributed by atoms with Crippen LogP contribution in [0, 0.1) is 13.8 Å². The molecule has 1 aliphatic rings. The lowest BCUT2D eigenvalue weighted by molar-refractivity contribution is -0.121. The first-order chi connectivity index (χ1) is 12.9. The number of hydrogen-bond acceptors (Lipinski definition) is 4. The summed E-state index contributed by atoms with van der Waals surface area (Å²) in [6, 6.07) is 9.96. The zero-order valence-corrected chi connectivity index (χ0v) is 16.8. The lowest BCUT2D eigenvalue weighted by Gasteiger charge is -2.33. The molecule has 0 saturated heterocycles. The zero-order chi connectivity index (χ0) is 19.6. The Morgan fingerprint density at radius 3 is 2.41 bits per heavy atom. The lowest BCUT2D eigenvalue weighted by Crippen LogP contribution is -2.44. The Bertz CT molecular complexity index is 848. The zero-order valence-electron chi connectivity index (χ0n) is 16.8. The molecule has 5 heteroatoms. The minimum Gasteiger partial charge on any atom is -0.493 e. The Labute approximate surface area is 161 Å². The molecule has 0 aromatic heterocycles. The van der Waals surface area contributed by atoms with E-state index in [1.54, 1.807) is 14.2 Å². The summed E-state index contributed by atoms with van der Waals surface area (Å²) in [6.07, 6.45) is 0.886. The van der Waals surface area contributed by atoms with Gasteiger partial charge >= 0.3 is 0 Å². The van der Waals surface area contributed by atoms with Crippen molar-refractivity contribution in [3.05, 3.63) is 52.6 Å². The minimum absolute atomic E-state index is 0.0210. The number of methoxy groups -OCH3 is 2. The van der Waals surface area contributed by atoms with Gasteiger partial charge in [0, 0.05) is 18.8 Å². The third-order valence-electron chi connectivity index (χ3n) is 5.33. The van der Waals surface area contributed by atoms with E-state index < -0.39 is 0 Å². The fourth-order valence-corrected chi connectivity index (χ4v) is 3.51. The van der Waals surface area contributed by atoms with Crippen molar-refractivity contribution in [3.63, 3.8) is 0 Å². The largest absolute Gasteiger partial charge is 0.493 e. The van der Waals surface area contributed by atoms with Crippen LogP contribution in [0.15, 0.2) is 30.3 Å². The predicted octanol–water partition coefficient (Wildman–Crippen LogP) is 3.71. The summed E-state index contributed by atoms with van der Waals surface area (Å²) < 4.78 is 10.8. The molecule has 0 fully saturated rings. The highest BCUT2D eigenvalue weighted by atomic mass is 16.5. The number of carbonyl (C=O) groups excluding carboxylic acids is 1. The van der Waals surface area contributed by atoms with Gasteiger partial charge in [-0.2, -0.15) is 0 Å². The van der Waals surface area contributed by atoms with Crippen LogP contribution in [0.25, 0.3) is 0 Å². The number of benzene rings is 2. The van der Waals surface area contributed by atoms with E-state index >= 15 is 0 Å². The highest BCUT2D eigenvalue weighted by Gasteiger charge is 2.27. The van der Waals surface area contributed by atoms with Crippen LogP contribution in [0.4, 0.5) is 5.69 Å². The van der Waals surface area contributed by atoms with Crippen LogP contribution in [0.5, 0.6) is 11.5 Å². The normalized spacial score (nSPS) is 15.0. The lowest BCUT2D eigenvalue weighted by atomic mass is 9.97. The van der Waals surface area contributed by atoms with Crippen molar-refractivity contribution in [2.75, 3.05) is 26.1 Å². The summed E-state index contributed by atoms with van der Waals surface area (Å²) in [5.74, 6) is 1.50. The maximum absolute atomic E-state index is 12.8. The maximum Gasteiger partial charge on any atom is 0.241 e. The molecule has 0 unspecified atom stereocenters. The van der Waals surface area contributed by atoms with E-state index in [0.717, 1.165) is 47.8 Å². The molecule has 1 atom stereocenters. The van der Waals surface area contributed by atoms with Gasteiger partial charge in [-0.05, 0) is 67.6 Å². The van der Waals surface area contributed by atoms with Gasteiger partial charge in [-0.15, -0.1) is 0 Å². The number of ether oxygens (including phenoxy) is 2. The number of anilines is 1. The quantitative estimate of drug-likeness (QED) is 0.874. The second kappa shape index (κ2) is 8.01. The van der Waals surface area contributed by atoms with Crippen LogP contribution >= 0.6 is 0 Å². The standard InChI is InChI=1S/C22H28N2O3/c1-14-6-7-15(2)19(10-14)23-22(25)16(3)24-9-8-17-11-20(26-4)21(27-5)12-18(17)13-24/h6-7,10-12,16H,8-9,13H2,1-5H3,(H,23,25)/t16-/m0/s1. The second-order valence-corrected chi connectivity index (χ2v) is 7.18. The van der Waals surface area contributed by atoms with E-state index in [4.69, 9.17) is 9.47 Å². The van der Waals surface area contributed by atoms with E-state index in [1.807, 2.05) is 45.0 Å². The van der Waals surface area contributed by atoms with Crippen molar-refractivity contribution in [2.45, 2.75) is 39.8 Å². The minimum atomic E-state index is -0.217. The van der Waals surface area contributed by atoms with Crippen molar-refractivity contribution < 1.29 is 14.3 Å². The number of fused-ring (bicyclic) bond motifs is 1. The molecule has 0 radical (unpaired) electrons. The smallest absolute Gasteiger partial charge is 0.241 e. The number of nitrogens with zero attached hydrogens (tertiary/aromatic N) is 1. The average molecular weight is 368 g/mol. The molecule has 1 amide bonds. The van der Waals surface area contributed by atoms with Crippen molar-refractivity contribution in [2.24, 2.45) is 0 Å². The molecule has 144 valence electrons. The van der Waals surface area contributed by atoms with E-state index in [9.17, 15) is 4.79 Å². The molecule has 1 heterocycles. The van der Waals surface area contributed by atoms with Gasteiger partial charge in [0.1, 0.15) is 0 Å². The highest BCUT2D eigenvalue weighted by Crippen LogP contribution is 2.33. The monoisotopic (exact) mass is 368 g/mol. The van der Waals surface area contributed by atoms with Crippen LogP contribution in [0.1, 0.15) is 29.2 Å². The third-order valence-corrected chi connectivity index (χ3v) is 5.33. The van der Waals surface area contributed by atoms with Crippen molar-refractivity contribution in [1.29, 1.82) is 0 Å². The van der Waals surface area contributed by atoms with Gasteiger partial charge in [0.05, 0.1) is 20.3 Å². The van der Waals surface area contributed by atoms with E-state index in [1.165, 1.54) is 11.1 Å². The molecule has 1 N–H and O–H groups in total. The van der Waals surface area contributed by atoms with Crippen LogP contribution in [0.2, 0.25) is 0 Å². The van der Waals surface area contributed by atoms with Gasteiger partial charge in [-0.25, -0.2) is 0 Å². The van der Waals surface area contributed by atoms with E-state index in [0.29, 0.717) is 0 Å². The van der Waals surface area contributed by atoms with Crippen molar-refractivity contribution in [1.82, 2.24) is 4.90 Å². The van der Waals surface area contributed by atoms with Gasteiger partial charge in [-0.1, -0.05) is 12.1 Å². The molecular formula is C22H28N2O3. The average Bonchev–Trinajstić information content (AvgIpc) is 2.68. The topological polar surface area (TPSA) is 50.8 Å².